The van der Waals surface area contributed by atoms with E-state index < -0.39 is 10.0 Å². The first-order valence-corrected chi connectivity index (χ1v) is 9.99. The fourth-order valence-electron chi connectivity index (χ4n) is 1.97. The first kappa shape index (κ1) is 19.1. The number of carbonyl (C=O) groups is 1. The zero-order valence-electron chi connectivity index (χ0n) is 13.1. The van der Waals surface area contributed by atoms with E-state index in [4.69, 9.17) is 0 Å². The predicted molar refractivity (Wildman–Crippen MR) is 100 cm³/mol. The third-order valence-electron chi connectivity index (χ3n) is 3.29. The molecular formula is C16H16Br2N2O3S. The van der Waals surface area contributed by atoms with Crippen LogP contribution in [-0.4, -0.2) is 32.7 Å². The minimum atomic E-state index is -3.64. The van der Waals surface area contributed by atoms with Crippen molar-refractivity contribution in [2.75, 3.05) is 14.1 Å². The van der Waals surface area contributed by atoms with Gasteiger partial charge in [0.25, 0.3) is 5.91 Å². The van der Waals surface area contributed by atoms with Crippen molar-refractivity contribution in [3.8, 4) is 0 Å². The van der Waals surface area contributed by atoms with Crippen molar-refractivity contribution in [1.82, 2.24) is 9.62 Å². The monoisotopic (exact) mass is 474 g/mol. The molecule has 5 nitrogen and oxygen atoms in total. The SMILES string of the molecule is CN(C)S(=O)(=O)c1cc(C(=O)NCc2cccc(Br)c2)ccc1Br. The third-order valence-corrected chi connectivity index (χ3v) is 6.60. The molecule has 0 saturated carbocycles. The van der Waals surface area contributed by atoms with Gasteiger partial charge in [0.1, 0.15) is 0 Å². The van der Waals surface area contributed by atoms with Crippen LogP contribution in [0.25, 0.3) is 0 Å². The summed E-state index contributed by atoms with van der Waals surface area (Å²) in [7, 11) is -0.744. The lowest BCUT2D eigenvalue weighted by Crippen LogP contribution is -2.25. The average Bonchev–Trinajstić information content (AvgIpc) is 2.52. The first-order chi connectivity index (χ1) is 11.2. The van der Waals surface area contributed by atoms with Crippen LogP contribution in [0.1, 0.15) is 15.9 Å². The van der Waals surface area contributed by atoms with Crippen molar-refractivity contribution in [1.29, 1.82) is 0 Å². The van der Waals surface area contributed by atoms with Gasteiger partial charge in [0, 0.05) is 35.1 Å². The van der Waals surface area contributed by atoms with Crippen LogP contribution in [0.2, 0.25) is 0 Å². The molecule has 0 aliphatic heterocycles. The quantitative estimate of drug-likeness (QED) is 0.720. The predicted octanol–water partition coefficient (Wildman–Crippen LogP) is 3.39. The second-order valence-electron chi connectivity index (χ2n) is 5.25. The summed E-state index contributed by atoms with van der Waals surface area (Å²) in [6, 6.07) is 12.1. The molecule has 0 saturated heterocycles. The molecule has 8 heteroatoms. The largest absolute Gasteiger partial charge is 0.348 e. The molecule has 1 N–H and O–H groups in total. The molecule has 0 radical (unpaired) electrons. The number of hydrogen-bond donors (Lipinski definition) is 1. The maximum absolute atomic E-state index is 12.3. The van der Waals surface area contributed by atoms with Gasteiger partial charge in [-0.15, -0.1) is 0 Å². The number of rotatable bonds is 5. The van der Waals surface area contributed by atoms with Gasteiger partial charge < -0.3 is 5.32 Å². The Hall–Kier alpha value is -1.22. The number of nitrogens with zero attached hydrogens (tertiary/aromatic N) is 1. The molecule has 0 bridgehead atoms. The smallest absolute Gasteiger partial charge is 0.251 e. The third kappa shape index (κ3) is 4.44. The summed E-state index contributed by atoms with van der Waals surface area (Å²) in [5.74, 6) is -0.335. The lowest BCUT2D eigenvalue weighted by Gasteiger charge is -2.14. The Morgan fingerprint density at radius 2 is 1.83 bits per heavy atom. The molecule has 2 rings (SSSR count). The summed E-state index contributed by atoms with van der Waals surface area (Å²) < 4.78 is 27.1. The number of hydrogen-bond acceptors (Lipinski definition) is 3. The average molecular weight is 476 g/mol. The molecule has 0 aliphatic carbocycles. The van der Waals surface area contributed by atoms with E-state index in [0.717, 1.165) is 14.3 Å². The molecule has 2 aromatic rings. The highest BCUT2D eigenvalue weighted by Crippen LogP contribution is 2.25. The van der Waals surface area contributed by atoms with Gasteiger partial charge in [0.05, 0.1) is 4.90 Å². The van der Waals surface area contributed by atoms with Crippen LogP contribution < -0.4 is 5.32 Å². The maximum atomic E-state index is 12.3. The van der Waals surface area contributed by atoms with E-state index in [1.807, 2.05) is 24.3 Å². The van der Waals surface area contributed by atoms with E-state index in [9.17, 15) is 13.2 Å². The lowest BCUT2D eigenvalue weighted by molar-refractivity contribution is 0.0950. The van der Waals surface area contributed by atoms with Crippen molar-refractivity contribution >= 4 is 47.8 Å². The van der Waals surface area contributed by atoms with Crippen molar-refractivity contribution in [2.24, 2.45) is 0 Å². The van der Waals surface area contributed by atoms with Gasteiger partial charge >= 0.3 is 0 Å². The Kier molecular flexibility index (Phi) is 6.19. The van der Waals surface area contributed by atoms with E-state index in [2.05, 4.69) is 37.2 Å². The summed E-state index contributed by atoms with van der Waals surface area (Å²) >= 11 is 6.60. The first-order valence-electron chi connectivity index (χ1n) is 6.96. The molecule has 24 heavy (non-hydrogen) atoms. The van der Waals surface area contributed by atoms with E-state index >= 15 is 0 Å². The molecule has 0 aromatic heterocycles. The van der Waals surface area contributed by atoms with Gasteiger partial charge in [-0.05, 0) is 51.8 Å². The second kappa shape index (κ2) is 7.77. The van der Waals surface area contributed by atoms with Crippen molar-refractivity contribution < 1.29 is 13.2 Å². The van der Waals surface area contributed by atoms with Crippen LogP contribution >= 0.6 is 31.9 Å². The molecule has 0 unspecified atom stereocenters. The lowest BCUT2D eigenvalue weighted by atomic mass is 10.2. The van der Waals surface area contributed by atoms with Crippen LogP contribution in [0.15, 0.2) is 56.3 Å². The highest BCUT2D eigenvalue weighted by atomic mass is 79.9. The molecule has 0 spiro atoms. The number of halogens is 2. The van der Waals surface area contributed by atoms with Crippen molar-refractivity contribution in [3.05, 3.63) is 62.5 Å². The van der Waals surface area contributed by atoms with Crippen LogP contribution in [0, 0.1) is 0 Å². The molecule has 0 atom stereocenters. The van der Waals surface area contributed by atoms with E-state index in [0.29, 0.717) is 11.0 Å². The Morgan fingerprint density at radius 3 is 2.46 bits per heavy atom. The standard InChI is InChI=1S/C16H16Br2N2O3S/c1-20(2)24(22,23)15-9-12(6-7-14(15)18)16(21)19-10-11-4-3-5-13(17)8-11/h3-9H,10H2,1-2H3,(H,19,21). The number of nitrogens with one attached hydrogen (secondary N) is 1. The van der Waals surface area contributed by atoms with E-state index in [-0.39, 0.29) is 16.4 Å². The highest BCUT2D eigenvalue weighted by Gasteiger charge is 2.22. The fraction of sp³-hybridized carbons (Fsp3) is 0.188. The molecule has 0 heterocycles. The van der Waals surface area contributed by atoms with Gasteiger partial charge in [-0.1, -0.05) is 28.1 Å². The minimum absolute atomic E-state index is 0.0580. The van der Waals surface area contributed by atoms with Gasteiger partial charge in [-0.3, -0.25) is 4.79 Å². The molecule has 2 aromatic carbocycles. The number of sulfonamides is 1. The van der Waals surface area contributed by atoms with E-state index in [1.165, 1.54) is 20.2 Å². The second-order valence-corrected chi connectivity index (χ2v) is 9.14. The Morgan fingerprint density at radius 1 is 1.12 bits per heavy atom. The molecule has 0 aliphatic rings. The molecule has 0 fully saturated rings. The van der Waals surface area contributed by atoms with Gasteiger partial charge in [0.15, 0.2) is 0 Å². The fourth-order valence-corrected chi connectivity index (χ4v) is 4.26. The summed E-state index contributed by atoms with van der Waals surface area (Å²) in [5, 5.41) is 2.79. The Labute approximate surface area is 158 Å². The van der Waals surface area contributed by atoms with Crippen LogP contribution in [0.5, 0.6) is 0 Å². The van der Waals surface area contributed by atoms with Crippen LogP contribution in [0.3, 0.4) is 0 Å². The summed E-state index contributed by atoms with van der Waals surface area (Å²) in [5.41, 5.74) is 1.23. The summed E-state index contributed by atoms with van der Waals surface area (Å²) in [6.45, 7) is 0.351. The molecule has 1 amide bonds. The number of carbonyl (C=O) groups excluding carboxylic acids is 1. The van der Waals surface area contributed by atoms with Gasteiger partial charge in [-0.2, -0.15) is 0 Å². The minimum Gasteiger partial charge on any atom is -0.348 e. The van der Waals surface area contributed by atoms with Gasteiger partial charge in [-0.25, -0.2) is 12.7 Å². The Bertz CT molecular complexity index is 867. The van der Waals surface area contributed by atoms with Crippen molar-refractivity contribution in [2.45, 2.75) is 11.4 Å². The van der Waals surface area contributed by atoms with Crippen LogP contribution in [0.4, 0.5) is 0 Å². The van der Waals surface area contributed by atoms with E-state index in [1.54, 1.807) is 12.1 Å². The maximum Gasteiger partial charge on any atom is 0.251 e. The zero-order valence-corrected chi connectivity index (χ0v) is 17.1. The molecular weight excluding hydrogens is 460 g/mol. The van der Waals surface area contributed by atoms with Crippen LogP contribution in [-0.2, 0) is 16.6 Å². The molecule has 128 valence electrons. The topological polar surface area (TPSA) is 66.5 Å². The normalized spacial score (nSPS) is 11.5. The van der Waals surface area contributed by atoms with Crippen molar-refractivity contribution in [3.63, 3.8) is 0 Å². The highest BCUT2D eigenvalue weighted by molar-refractivity contribution is 9.10. The Balaban J connectivity index is 2.21. The van der Waals surface area contributed by atoms with Gasteiger partial charge in [0.2, 0.25) is 10.0 Å². The number of benzene rings is 2. The zero-order chi connectivity index (χ0) is 17.9. The summed E-state index contributed by atoms with van der Waals surface area (Å²) in [4.78, 5) is 12.4. The summed E-state index contributed by atoms with van der Waals surface area (Å²) in [6.07, 6.45) is 0. The number of amides is 1.